The molecule has 1 aromatic heterocycles. The van der Waals surface area contributed by atoms with Crippen LogP contribution in [0.25, 0.3) is 6.08 Å². The van der Waals surface area contributed by atoms with Crippen molar-refractivity contribution in [1.82, 2.24) is 4.57 Å². The number of aryl methyl sites for hydroxylation is 1. The Morgan fingerprint density at radius 1 is 1.29 bits per heavy atom. The Morgan fingerprint density at radius 2 is 2.00 bits per heavy atom. The van der Waals surface area contributed by atoms with Crippen molar-refractivity contribution in [2.45, 2.75) is 19.5 Å². The van der Waals surface area contributed by atoms with Crippen molar-refractivity contribution in [1.29, 1.82) is 0 Å². The molecule has 0 N–H and O–H groups in total. The molecule has 0 saturated heterocycles. The van der Waals surface area contributed by atoms with Gasteiger partial charge in [-0.25, -0.2) is 17.6 Å². The minimum atomic E-state index is -4.12. The molecule has 0 unspecified atom stereocenters. The van der Waals surface area contributed by atoms with Gasteiger partial charge in [0.15, 0.2) is 0 Å². The van der Waals surface area contributed by atoms with Crippen LogP contribution < -0.4 is 4.57 Å². The summed E-state index contributed by atoms with van der Waals surface area (Å²) in [7, 11) is -4.12. The number of imidazole rings is 1. The summed E-state index contributed by atoms with van der Waals surface area (Å²) in [5, 5.41) is 0. The van der Waals surface area contributed by atoms with Gasteiger partial charge in [-0.3, -0.25) is 0 Å². The quantitative estimate of drug-likeness (QED) is 0.574. The third-order valence-electron chi connectivity index (χ3n) is 3.14. The van der Waals surface area contributed by atoms with Crippen LogP contribution in [0.1, 0.15) is 17.5 Å². The zero-order chi connectivity index (χ0) is 15.3. The minimum absolute atomic E-state index is 0.325. The van der Waals surface area contributed by atoms with Crippen LogP contribution in [-0.4, -0.2) is 23.3 Å². The summed E-state index contributed by atoms with van der Waals surface area (Å²) in [5.41, 5.74) is 2.26. The minimum Gasteiger partial charge on any atom is -0.748 e. The molecule has 0 aliphatic carbocycles. The van der Waals surface area contributed by atoms with Crippen molar-refractivity contribution < 1.29 is 17.5 Å². The van der Waals surface area contributed by atoms with Gasteiger partial charge >= 0.3 is 0 Å². The maximum atomic E-state index is 10.5. The van der Waals surface area contributed by atoms with Crippen LogP contribution in [0.5, 0.6) is 0 Å². The summed E-state index contributed by atoms with van der Waals surface area (Å²) in [6, 6.07) is 8.12. The van der Waals surface area contributed by atoms with E-state index in [9.17, 15) is 13.0 Å². The van der Waals surface area contributed by atoms with Crippen LogP contribution in [0.3, 0.4) is 0 Å². The summed E-state index contributed by atoms with van der Waals surface area (Å²) in [5.74, 6) is -0.325. The van der Waals surface area contributed by atoms with Crippen LogP contribution in [0.2, 0.25) is 0 Å². The first-order valence-corrected chi connectivity index (χ1v) is 8.24. The van der Waals surface area contributed by atoms with Gasteiger partial charge in [0.1, 0.15) is 18.9 Å². The van der Waals surface area contributed by atoms with E-state index in [1.165, 1.54) is 5.56 Å². The Morgan fingerprint density at radius 3 is 2.62 bits per heavy atom. The average molecular weight is 306 g/mol. The van der Waals surface area contributed by atoms with E-state index in [1.54, 1.807) is 6.08 Å². The molecule has 112 valence electrons. The zero-order valence-electron chi connectivity index (χ0n) is 11.7. The Bertz CT molecular complexity index is 703. The van der Waals surface area contributed by atoms with Gasteiger partial charge in [0, 0.05) is 5.75 Å². The molecular formula is C15H18N2O3S. The molecule has 21 heavy (non-hydrogen) atoms. The molecule has 1 aromatic carbocycles. The van der Waals surface area contributed by atoms with E-state index >= 15 is 0 Å². The van der Waals surface area contributed by atoms with Gasteiger partial charge in [-0.1, -0.05) is 36.9 Å². The van der Waals surface area contributed by atoms with Crippen molar-refractivity contribution in [2.75, 3.05) is 5.75 Å². The van der Waals surface area contributed by atoms with Crippen LogP contribution in [0.15, 0.2) is 49.6 Å². The van der Waals surface area contributed by atoms with Gasteiger partial charge in [0.2, 0.25) is 6.33 Å². The van der Waals surface area contributed by atoms with Crippen molar-refractivity contribution in [3.63, 3.8) is 0 Å². The maximum Gasteiger partial charge on any atom is 0.244 e. The SMILES string of the molecule is C=Cc1ccc(Cn2cc[n+](CCCS(=O)(=O)[O-])c2)cc1. The molecule has 0 fully saturated rings. The number of benzene rings is 1. The summed E-state index contributed by atoms with van der Waals surface area (Å²) in [6.07, 6.45) is 7.83. The van der Waals surface area contributed by atoms with E-state index < -0.39 is 10.1 Å². The molecule has 0 bridgehead atoms. The fourth-order valence-corrected chi connectivity index (χ4v) is 2.54. The summed E-state index contributed by atoms with van der Waals surface area (Å²) >= 11 is 0. The van der Waals surface area contributed by atoms with E-state index in [-0.39, 0.29) is 5.75 Å². The number of hydrogen-bond acceptors (Lipinski definition) is 3. The number of hydrogen-bond donors (Lipinski definition) is 0. The van der Waals surface area contributed by atoms with Gasteiger partial charge in [-0.2, -0.15) is 0 Å². The molecule has 1 heterocycles. The lowest BCUT2D eigenvalue weighted by molar-refractivity contribution is -0.696. The fourth-order valence-electron chi connectivity index (χ4n) is 2.06. The first kappa shape index (κ1) is 15.5. The van der Waals surface area contributed by atoms with E-state index in [0.717, 1.165) is 12.1 Å². The third-order valence-corrected chi connectivity index (χ3v) is 3.93. The second-order valence-electron chi connectivity index (χ2n) is 4.88. The lowest BCUT2D eigenvalue weighted by Crippen LogP contribution is -2.32. The number of nitrogens with zero attached hydrogens (tertiary/aromatic N) is 2. The summed E-state index contributed by atoms with van der Waals surface area (Å²) < 4.78 is 35.5. The maximum absolute atomic E-state index is 10.5. The van der Waals surface area contributed by atoms with Gasteiger partial charge in [0.05, 0.1) is 16.7 Å². The van der Waals surface area contributed by atoms with E-state index in [1.807, 2.05) is 52.1 Å². The molecule has 2 aromatic rings. The second-order valence-corrected chi connectivity index (χ2v) is 6.41. The molecule has 0 spiro atoms. The summed E-state index contributed by atoms with van der Waals surface area (Å²) in [6.45, 7) is 4.98. The Hall–Kier alpha value is -1.92. The first-order valence-electron chi connectivity index (χ1n) is 6.66. The van der Waals surface area contributed by atoms with Crippen LogP contribution >= 0.6 is 0 Å². The normalized spacial score (nSPS) is 11.5. The molecule has 0 aliphatic rings. The Balaban J connectivity index is 1.91. The molecule has 2 rings (SSSR count). The van der Waals surface area contributed by atoms with Crippen LogP contribution in [0.4, 0.5) is 0 Å². The van der Waals surface area contributed by atoms with Crippen molar-refractivity contribution in [2.24, 2.45) is 0 Å². The van der Waals surface area contributed by atoms with Gasteiger partial charge in [-0.05, 0) is 17.5 Å². The monoisotopic (exact) mass is 306 g/mol. The van der Waals surface area contributed by atoms with E-state index in [4.69, 9.17) is 0 Å². The van der Waals surface area contributed by atoms with Crippen LogP contribution in [0, 0.1) is 0 Å². The molecule has 0 atom stereocenters. The molecule has 0 radical (unpaired) electrons. The Kier molecular flexibility index (Phi) is 4.93. The van der Waals surface area contributed by atoms with Crippen molar-refractivity contribution >= 4 is 16.2 Å². The molecule has 0 amide bonds. The Labute approximate surface area is 124 Å². The predicted octanol–water partition coefficient (Wildman–Crippen LogP) is 1.40. The second kappa shape index (κ2) is 6.69. The molecule has 5 nitrogen and oxygen atoms in total. The van der Waals surface area contributed by atoms with Gasteiger partial charge in [-0.15, -0.1) is 0 Å². The lowest BCUT2D eigenvalue weighted by atomic mass is 10.1. The smallest absolute Gasteiger partial charge is 0.244 e. The zero-order valence-corrected chi connectivity index (χ0v) is 12.5. The molecule has 6 heteroatoms. The van der Waals surface area contributed by atoms with Gasteiger partial charge in [0.25, 0.3) is 0 Å². The van der Waals surface area contributed by atoms with Gasteiger partial charge < -0.3 is 4.55 Å². The third kappa shape index (κ3) is 5.17. The molecular weight excluding hydrogens is 288 g/mol. The average Bonchev–Trinajstić information content (AvgIpc) is 2.86. The highest BCUT2D eigenvalue weighted by Crippen LogP contribution is 2.06. The van der Waals surface area contributed by atoms with E-state index in [0.29, 0.717) is 13.0 Å². The van der Waals surface area contributed by atoms with Crippen molar-refractivity contribution in [3.05, 3.63) is 60.7 Å². The summed E-state index contributed by atoms with van der Waals surface area (Å²) in [4.78, 5) is 0. The number of aromatic nitrogens is 2. The first-order chi connectivity index (χ1) is 9.96. The highest BCUT2D eigenvalue weighted by atomic mass is 32.2. The number of rotatable bonds is 7. The fraction of sp³-hybridized carbons (Fsp3) is 0.267. The largest absolute Gasteiger partial charge is 0.748 e. The topological polar surface area (TPSA) is 66.0 Å². The van der Waals surface area contributed by atoms with E-state index in [2.05, 4.69) is 6.58 Å². The predicted molar refractivity (Wildman–Crippen MR) is 79.4 cm³/mol. The highest BCUT2D eigenvalue weighted by Gasteiger charge is 2.05. The standard InChI is InChI=1S/C15H18N2O3S/c1-2-14-4-6-15(7-5-14)12-17-10-9-16(13-17)8-3-11-21(18,19)20/h2,4-7,9-10,13H,1,3,8,11-12H2. The van der Waals surface area contributed by atoms with Crippen LogP contribution in [-0.2, 0) is 23.2 Å². The van der Waals surface area contributed by atoms with Crippen molar-refractivity contribution in [3.8, 4) is 0 Å². The molecule has 0 aliphatic heterocycles. The highest BCUT2D eigenvalue weighted by molar-refractivity contribution is 7.85. The lowest BCUT2D eigenvalue weighted by Gasteiger charge is -2.04. The molecule has 0 saturated carbocycles.